The van der Waals surface area contributed by atoms with Gasteiger partial charge in [-0.05, 0) is 19.1 Å². The third-order valence-corrected chi connectivity index (χ3v) is 2.65. The van der Waals surface area contributed by atoms with Crippen LogP contribution >= 0.6 is 0 Å². The lowest BCUT2D eigenvalue weighted by molar-refractivity contribution is 0.547. The topological polar surface area (TPSA) is 60.2 Å². The second-order valence-corrected chi connectivity index (χ2v) is 4.03. The van der Waals surface area contributed by atoms with E-state index < -0.39 is 26.6 Å². The maximum Gasteiger partial charge on any atom is 0.241 e. The molecule has 0 aliphatic rings. The third-order valence-electron chi connectivity index (χ3n) is 1.58. The van der Waals surface area contributed by atoms with Gasteiger partial charge in [-0.1, -0.05) is 0 Å². The fourth-order valence-corrected chi connectivity index (χ4v) is 1.85. The SMILES string of the molecule is Cc1c(F)ccc(F)c1S(N)(=O)=O. The van der Waals surface area contributed by atoms with Crippen molar-refractivity contribution in [2.45, 2.75) is 11.8 Å². The van der Waals surface area contributed by atoms with Crippen LogP contribution in [0.4, 0.5) is 8.78 Å². The molecule has 0 bridgehead atoms. The van der Waals surface area contributed by atoms with E-state index in [9.17, 15) is 17.2 Å². The zero-order valence-corrected chi connectivity index (χ0v) is 7.53. The number of hydrogen-bond acceptors (Lipinski definition) is 2. The summed E-state index contributed by atoms with van der Waals surface area (Å²) in [6, 6.07) is 1.57. The molecule has 1 aromatic rings. The van der Waals surface area contributed by atoms with Crippen LogP contribution in [0.5, 0.6) is 0 Å². The Labute approximate surface area is 74.2 Å². The van der Waals surface area contributed by atoms with E-state index in [4.69, 9.17) is 5.14 Å². The van der Waals surface area contributed by atoms with Gasteiger partial charge in [0.15, 0.2) is 0 Å². The van der Waals surface area contributed by atoms with Crippen LogP contribution in [0.15, 0.2) is 17.0 Å². The lowest BCUT2D eigenvalue weighted by Crippen LogP contribution is -2.16. The van der Waals surface area contributed by atoms with Crippen LogP contribution in [-0.2, 0) is 10.0 Å². The summed E-state index contributed by atoms with van der Waals surface area (Å²) in [6.45, 7) is 1.15. The van der Waals surface area contributed by atoms with Crippen molar-refractivity contribution in [3.8, 4) is 0 Å². The molecule has 1 rings (SSSR count). The van der Waals surface area contributed by atoms with Crippen LogP contribution in [0.2, 0.25) is 0 Å². The summed E-state index contributed by atoms with van der Waals surface area (Å²) in [7, 11) is -4.20. The molecule has 0 spiro atoms. The van der Waals surface area contributed by atoms with Crippen LogP contribution in [0.25, 0.3) is 0 Å². The van der Waals surface area contributed by atoms with E-state index in [1.54, 1.807) is 0 Å². The van der Waals surface area contributed by atoms with Gasteiger partial charge >= 0.3 is 0 Å². The highest BCUT2D eigenvalue weighted by molar-refractivity contribution is 7.89. The Bertz CT molecular complexity index is 442. The second kappa shape index (κ2) is 3.04. The van der Waals surface area contributed by atoms with Gasteiger partial charge in [0.25, 0.3) is 0 Å². The maximum atomic E-state index is 12.9. The number of nitrogens with two attached hydrogens (primary N) is 1. The molecule has 0 heterocycles. The van der Waals surface area contributed by atoms with E-state index in [2.05, 4.69) is 0 Å². The van der Waals surface area contributed by atoms with Gasteiger partial charge in [-0.3, -0.25) is 0 Å². The van der Waals surface area contributed by atoms with Gasteiger partial charge in [-0.25, -0.2) is 22.3 Å². The molecule has 0 unspecified atom stereocenters. The zero-order valence-electron chi connectivity index (χ0n) is 6.71. The molecule has 0 atom stereocenters. The van der Waals surface area contributed by atoms with Crippen molar-refractivity contribution in [2.24, 2.45) is 5.14 Å². The minimum Gasteiger partial charge on any atom is -0.225 e. The van der Waals surface area contributed by atoms with Crippen LogP contribution < -0.4 is 5.14 Å². The lowest BCUT2D eigenvalue weighted by Gasteiger charge is -2.04. The highest BCUT2D eigenvalue weighted by atomic mass is 32.2. The Morgan fingerprint density at radius 3 is 2.08 bits per heavy atom. The maximum absolute atomic E-state index is 12.9. The van der Waals surface area contributed by atoms with Gasteiger partial charge < -0.3 is 0 Å². The molecule has 2 N–H and O–H groups in total. The van der Waals surface area contributed by atoms with Crippen molar-refractivity contribution in [2.75, 3.05) is 0 Å². The van der Waals surface area contributed by atoms with Gasteiger partial charge in [-0.15, -0.1) is 0 Å². The molecule has 0 radical (unpaired) electrons. The molecular weight excluding hydrogens is 200 g/mol. The standard InChI is InChI=1S/C7H7F2NO2S/c1-4-5(8)2-3-6(9)7(4)13(10,11)12/h2-3H,1H3,(H2,10,11,12). The van der Waals surface area contributed by atoms with E-state index in [1.807, 2.05) is 0 Å². The van der Waals surface area contributed by atoms with E-state index in [1.165, 1.54) is 0 Å². The average Bonchev–Trinajstić information content (AvgIpc) is 1.95. The summed E-state index contributed by atoms with van der Waals surface area (Å²) in [5, 5.41) is 4.69. The molecule has 13 heavy (non-hydrogen) atoms. The summed E-state index contributed by atoms with van der Waals surface area (Å²) in [5.74, 6) is -1.84. The number of benzene rings is 1. The average molecular weight is 207 g/mol. The predicted molar refractivity (Wildman–Crippen MR) is 42.5 cm³/mol. The predicted octanol–water partition coefficient (Wildman–Crippen LogP) is 0.921. The van der Waals surface area contributed by atoms with Gasteiger partial charge in [-0.2, -0.15) is 0 Å². The molecule has 0 aromatic heterocycles. The van der Waals surface area contributed by atoms with Gasteiger partial charge in [0.2, 0.25) is 10.0 Å². The van der Waals surface area contributed by atoms with Gasteiger partial charge in [0.1, 0.15) is 16.5 Å². The minimum absolute atomic E-state index is 0.303. The Morgan fingerprint density at radius 2 is 1.69 bits per heavy atom. The van der Waals surface area contributed by atoms with Crippen LogP contribution in [-0.4, -0.2) is 8.42 Å². The quantitative estimate of drug-likeness (QED) is 0.744. The molecule has 0 saturated carbocycles. The van der Waals surface area contributed by atoms with E-state index >= 15 is 0 Å². The second-order valence-electron chi connectivity index (χ2n) is 2.53. The first-order valence-corrected chi connectivity index (χ1v) is 4.86. The molecular formula is C7H7F2NO2S. The summed E-state index contributed by atoms with van der Waals surface area (Å²) in [6.07, 6.45) is 0. The number of primary sulfonamides is 1. The molecule has 0 aliphatic heterocycles. The normalized spacial score (nSPS) is 11.7. The molecule has 72 valence electrons. The Hall–Kier alpha value is -1.01. The van der Waals surface area contributed by atoms with E-state index in [0.717, 1.165) is 19.1 Å². The van der Waals surface area contributed by atoms with Crippen molar-refractivity contribution in [3.05, 3.63) is 29.3 Å². The molecule has 0 saturated heterocycles. The number of halogens is 2. The van der Waals surface area contributed by atoms with Crippen LogP contribution in [0, 0.1) is 18.6 Å². The Balaban J connectivity index is 3.62. The van der Waals surface area contributed by atoms with Gasteiger partial charge in [0.05, 0.1) is 0 Å². The first kappa shape index (κ1) is 10.1. The molecule has 0 amide bonds. The highest BCUT2D eigenvalue weighted by Gasteiger charge is 2.19. The fourth-order valence-electron chi connectivity index (χ4n) is 0.984. The zero-order chi connectivity index (χ0) is 10.2. The first-order valence-electron chi connectivity index (χ1n) is 3.31. The smallest absolute Gasteiger partial charge is 0.225 e. The molecule has 1 aromatic carbocycles. The molecule has 6 heteroatoms. The van der Waals surface area contributed by atoms with E-state index in [-0.39, 0.29) is 5.56 Å². The van der Waals surface area contributed by atoms with Crippen LogP contribution in [0.3, 0.4) is 0 Å². The summed E-state index contributed by atoms with van der Waals surface area (Å²) < 4.78 is 47.3. The van der Waals surface area contributed by atoms with Gasteiger partial charge in [0, 0.05) is 5.56 Å². The number of hydrogen-bond donors (Lipinski definition) is 1. The lowest BCUT2D eigenvalue weighted by atomic mass is 10.2. The number of sulfonamides is 1. The first-order chi connectivity index (χ1) is 5.84. The Morgan fingerprint density at radius 1 is 1.23 bits per heavy atom. The monoisotopic (exact) mass is 207 g/mol. The minimum atomic E-state index is -4.20. The van der Waals surface area contributed by atoms with Crippen molar-refractivity contribution in [1.29, 1.82) is 0 Å². The van der Waals surface area contributed by atoms with Crippen molar-refractivity contribution < 1.29 is 17.2 Å². The third kappa shape index (κ3) is 1.84. The molecule has 3 nitrogen and oxygen atoms in total. The van der Waals surface area contributed by atoms with Crippen LogP contribution in [0.1, 0.15) is 5.56 Å². The molecule has 0 aliphatic carbocycles. The summed E-state index contributed by atoms with van der Waals surface area (Å²) >= 11 is 0. The summed E-state index contributed by atoms with van der Waals surface area (Å²) in [5.41, 5.74) is -0.303. The molecule has 0 fully saturated rings. The van der Waals surface area contributed by atoms with Crippen molar-refractivity contribution in [1.82, 2.24) is 0 Å². The summed E-state index contributed by atoms with van der Waals surface area (Å²) in [4.78, 5) is -0.785. The number of rotatable bonds is 1. The van der Waals surface area contributed by atoms with E-state index in [0.29, 0.717) is 0 Å². The van der Waals surface area contributed by atoms with Crippen molar-refractivity contribution in [3.63, 3.8) is 0 Å². The Kier molecular flexibility index (Phi) is 2.36. The van der Waals surface area contributed by atoms with Crippen molar-refractivity contribution >= 4 is 10.0 Å². The fraction of sp³-hybridized carbons (Fsp3) is 0.143. The largest absolute Gasteiger partial charge is 0.241 e. The highest BCUT2D eigenvalue weighted by Crippen LogP contribution is 2.19.